The van der Waals surface area contributed by atoms with Crippen molar-refractivity contribution in [2.45, 2.75) is 0 Å². The van der Waals surface area contributed by atoms with E-state index >= 15 is 0 Å². The number of aromatic nitrogens is 2. The van der Waals surface area contributed by atoms with E-state index in [1.807, 2.05) is 24.3 Å². The maximum atomic E-state index is 12.0. The maximum Gasteiger partial charge on any atom is 0.275 e. The van der Waals surface area contributed by atoms with E-state index in [0.717, 1.165) is 23.1 Å². The van der Waals surface area contributed by atoms with Crippen molar-refractivity contribution in [1.82, 2.24) is 15.6 Å². The lowest BCUT2D eigenvalue weighted by Gasteiger charge is -2.04. The third-order valence-corrected chi connectivity index (χ3v) is 3.64. The minimum atomic E-state index is -0.603. The summed E-state index contributed by atoms with van der Waals surface area (Å²) >= 11 is 0. The average molecular weight is 352 g/mol. The van der Waals surface area contributed by atoms with Crippen molar-refractivity contribution in [3.8, 4) is 28.5 Å². The molecule has 132 valence electrons. The molecule has 1 amide bonds. The highest BCUT2D eigenvalue weighted by molar-refractivity contribution is 5.98. The van der Waals surface area contributed by atoms with Gasteiger partial charge in [0.15, 0.2) is 0 Å². The summed E-state index contributed by atoms with van der Waals surface area (Å²) in [5.74, 6) is -0.331. The Balaban J connectivity index is 1.73. The molecule has 1 heterocycles. The number of amides is 1. The molecule has 4 N–H and O–H groups in total. The highest BCUT2D eigenvalue weighted by Gasteiger charge is 2.11. The number of nitrogens with zero attached hydrogens (tertiary/aromatic N) is 2. The van der Waals surface area contributed by atoms with Gasteiger partial charge in [0.2, 0.25) is 0 Å². The third kappa shape index (κ3) is 3.64. The lowest BCUT2D eigenvalue weighted by Crippen LogP contribution is -2.17. The number of aromatic hydroxyl groups is 2. The maximum absolute atomic E-state index is 12.0. The normalized spacial score (nSPS) is 10.8. The Bertz CT molecular complexity index is 948. The summed E-state index contributed by atoms with van der Waals surface area (Å²) in [5.41, 5.74) is 4.61. The van der Waals surface area contributed by atoms with E-state index < -0.39 is 5.91 Å². The molecule has 1 aromatic heterocycles. The van der Waals surface area contributed by atoms with Crippen LogP contribution in [0.1, 0.15) is 15.9 Å². The monoisotopic (exact) mass is 352 g/mol. The first-order valence-electron chi connectivity index (χ1n) is 7.61. The number of rotatable bonds is 5. The van der Waals surface area contributed by atoms with E-state index in [0.29, 0.717) is 5.56 Å². The summed E-state index contributed by atoms with van der Waals surface area (Å²) in [6.07, 6.45) is 3.02. The van der Waals surface area contributed by atoms with Gasteiger partial charge in [0.1, 0.15) is 17.2 Å². The standard InChI is InChI=1S/C18H16N4O4/c1-26-14-5-2-11(3-6-14)17-12(9-19-21-17)10-20-22-18(25)15-7-4-13(23)8-16(15)24/h2-10,23-24H,1H3,(H,19,21)(H,22,25). The van der Waals surface area contributed by atoms with Crippen LogP contribution in [0.25, 0.3) is 11.3 Å². The number of carbonyl (C=O) groups excluding carboxylic acids is 1. The molecule has 0 aliphatic heterocycles. The van der Waals surface area contributed by atoms with E-state index in [2.05, 4.69) is 20.7 Å². The van der Waals surface area contributed by atoms with Gasteiger partial charge in [-0.2, -0.15) is 10.2 Å². The summed E-state index contributed by atoms with van der Waals surface area (Å²) in [7, 11) is 1.60. The molecule has 0 saturated heterocycles. The second-order valence-corrected chi connectivity index (χ2v) is 5.33. The second-order valence-electron chi connectivity index (χ2n) is 5.33. The van der Waals surface area contributed by atoms with Gasteiger partial charge in [0.25, 0.3) is 5.91 Å². The molecule has 0 saturated carbocycles. The van der Waals surface area contributed by atoms with Crippen LogP contribution in [0.15, 0.2) is 53.8 Å². The zero-order valence-electron chi connectivity index (χ0n) is 13.8. The molecule has 26 heavy (non-hydrogen) atoms. The van der Waals surface area contributed by atoms with Gasteiger partial charge in [-0.05, 0) is 36.4 Å². The van der Waals surface area contributed by atoms with Gasteiger partial charge in [-0.25, -0.2) is 5.43 Å². The van der Waals surface area contributed by atoms with Gasteiger partial charge in [0, 0.05) is 17.2 Å². The number of nitrogens with one attached hydrogen (secondary N) is 2. The molecular formula is C18H16N4O4. The SMILES string of the molecule is COc1ccc(-c2[nH]ncc2C=NNC(=O)c2ccc(O)cc2O)cc1. The van der Waals surface area contributed by atoms with E-state index in [1.54, 1.807) is 13.3 Å². The highest BCUT2D eigenvalue weighted by Crippen LogP contribution is 2.23. The topological polar surface area (TPSA) is 120 Å². The van der Waals surface area contributed by atoms with Crippen LogP contribution in [0.5, 0.6) is 17.2 Å². The first kappa shape index (κ1) is 17.0. The number of carbonyl (C=O) groups is 1. The summed E-state index contributed by atoms with van der Waals surface area (Å²) in [4.78, 5) is 12.0. The summed E-state index contributed by atoms with van der Waals surface area (Å²) in [6.45, 7) is 0. The van der Waals surface area contributed by atoms with Crippen molar-refractivity contribution in [1.29, 1.82) is 0 Å². The summed E-state index contributed by atoms with van der Waals surface area (Å²) in [6, 6.07) is 11.1. The zero-order chi connectivity index (χ0) is 18.5. The number of hydrazone groups is 1. The van der Waals surface area contributed by atoms with Crippen LogP contribution in [0, 0.1) is 0 Å². The third-order valence-electron chi connectivity index (χ3n) is 3.64. The predicted octanol–water partition coefficient (Wildman–Crippen LogP) is 2.26. The van der Waals surface area contributed by atoms with Crippen LogP contribution in [0.3, 0.4) is 0 Å². The van der Waals surface area contributed by atoms with Crippen LogP contribution in [0.2, 0.25) is 0 Å². The Kier molecular flexibility index (Phi) is 4.84. The second kappa shape index (κ2) is 7.39. The molecule has 0 aliphatic rings. The largest absolute Gasteiger partial charge is 0.508 e. The minimum absolute atomic E-state index is 0.00233. The van der Waals surface area contributed by atoms with E-state index in [1.165, 1.54) is 18.3 Å². The molecule has 0 aliphatic carbocycles. The van der Waals surface area contributed by atoms with E-state index in [9.17, 15) is 15.0 Å². The lowest BCUT2D eigenvalue weighted by molar-refractivity contribution is 0.0952. The first-order chi connectivity index (χ1) is 12.6. The number of H-pyrrole nitrogens is 1. The van der Waals surface area contributed by atoms with E-state index in [4.69, 9.17) is 4.74 Å². The number of methoxy groups -OCH3 is 1. The first-order valence-corrected chi connectivity index (χ1v) is 7.61. The highest BCUT2D eigenvalue weighted by atomic mass is 16.5. The number of ether oxygens (including phenoxy) is 1. The molecule has 0 spiro atoms. The fraction of sp³-hybridized carbons (Fsp3) is 0.0556. The summed E-state index contributed by atoms with van der Waals surface area (Å²) < 4.78 is 5.13. The Labute approximate surface area is 148 Å². The number of hydrogen-bond donors (Lipinski definition) is 4. The molecule has 3 aromatic rings. The predicted molar refractivity (Wildman–Crippen MR) is 95.4 cm³/mol. The van der Waals surface area contributed by atoms with Crippen molar-refractivity contribution in [3.63, 3.8) is 0 Å². The Hall–Kier alpha value is -3.81. The molecule has 0 radical (unpaired) electrons. The zero-order valence-corrected chi connectivity index (χ0v) is 13.8. The minimum Gasteiger partial charge on any atom is -0.508 e. The fourth-order valence-electron chi connectivity index (χ4n) is 2.31. The summed E-state index contributed by atoms with van der Waals surface area (Å²) in [5, 5.41) is 29.7. The van der Waals surface area contributed by atoms with Crippen LogP contribution < -0.4 is 10.2 Å². The van der Waals surface area contributed by atoms with Crippen LogP contribution in [0.4, 0.5) is 0 Å². The Morgan fingerprint density at radius 3 is 2.69 bits per heavy atom. The van der Waals surface area contributed by atoms with Gasteiger partial charge in [0.05, 0.1) is 30.8 Å². The van der Waals surface area contributed by atoms with Crippen molar-refractivity contribution >= 4 is 12.1 Å². The quantitative estimate of drug-likeness (QED) is 0.415. The van der Waals surface area contributed by atoms with Crippen molar-refractivity contribution in [3.05, 3.63) is 59.8 Å². The number of phenolic OH excluding ortho intramolecular Hbond substituents is 2. The Morgan fingerprint density at radius 1 is 1.23 bits per heavy atom. The molecule has 2 aromatic carbocycles. The lowest BCUT2D eigenvalue weighted by atomic mass is 10.1. The van der Waals surface area contributed by atoms with Crippen molar-refractivity contribution < 1.29 is 19.7 Å². The van der Waals surface area contributed by atoms with Crippen LogP contribution >= 0.6 is 0 Å². The van der Waals surface area contributed by atoms with Crippen molar-refractivity contribution in [2.24, 2.45) is 5.10 Å². The smallest absolute Gasteiger partial charge is 0.275 e. The number of hydrogen-bond acceptors (Lipinski definition) is 6. The van der Waals surface area contributed by atoms with E-state index in [-0.39, 0.29) is 17.1 Å². The molecular weight excluding hydrogens is 336 g/mol. The van der Waals surface area contributed by atoms with Crippen LogP contribution in [-0.4, -0.2) is 39.6 Å². The number of phenols is 2. The van der Waals surface area contributed by atoms with Gasteiger partial charge in [-0.1, -0.05) is 0 Å². The van der Waals surface area contributed by atoms with Gasteiger partial charge >= 0.3 is 0 Å². The average Bonchev–Trinajstić information content (AvgIpc) is 3.10. The fourth-order valence-corrected chi connectivity index (χ4v) is 2.31. The van der Waals surface area contributed by atoms with Crippen molar-refractivity contribution in [2.75, 3.05) is 7.11 Å². The number of aromatic amines is 1. The number of benzene rings is 2. The van der Waals surface area contributed by atoms with Crippen LogP contribution in [-0.2, 0) is 0 Å². The molecule has 8 nitrogen and oxygen atoms in total. The molecule has 3 rings (SSSR count). The Morgan fingerprint density at radius 2 is 2.00 bits per heavy atom. The van der Waals surface area contributed by atoms with Gasteiger partial charge in [-0.3, -0.25) is 9.89 Å². The molecule has 0 unspecified atom stereocenters. The molecule has 0 bridgehead atoms. The molecule has 0 fully saturated rings. The molecule has 8 heteroatoms. The molecule has 0 atom stereocenters. The van der Waals surface area contributed by atoms with Gasteiger partial charge in [-0.15, -0.1) is 0 Å². The van der Waals surface area contributed by atoms with Gasteiger partial charge < -0.3 is 14.9 Å².